The molecule has 1 nitrogen and oxygen atoms in total. The van der Waals surface area contributed by atoms with Crippen LogP contribution in [0.5, 0.6) is 0 Å². The monoisotopic (exact) mass is 471 g/mol. The third-order valence-electron chi connectivity index (χ3n) is 9.47. The van der Waals surface area contributed by atoms with Crippen LogP contribution in [0.25, 0.3) is 11.1 Å². The summed E-state index contributed by atoms with van der Waals surface area (Å²) in [5, 5.41) is 9.49. The molecular weight excluding hydrogens is 434 g/mol. The van der Waals surface area contributed by atoms with Crippen LogP contribution in [0, 0.1) is 23.2 Å². The highest BCUT2D eigenvalue weighted by Crippen LogP contribution is 2.58. The van der Waals surface area contributed by atoms with Crippen LogP contribution in [-0.4, -0.2) is 0 Å². The average molecular weight is 472 g/mol. The zero-order chi connectivity index (χ0) is 24.4. The largest absolute Gasteiger partial charge is 0.192 e. The topological polar surface area (TPSA) is 23.8 Å². The van der Waals surface area contributed by atoms with Gasteiger partial charge < -0.3 is 0 Å². The number of benzene rings is 3. The second-order valence-electron chi connectivity index (χ2n) is 11.4. The van der Waals surface area contributed by atoms with E-state index in [0.29, 0.717) is 17.8 Å². The Morgan fingerprint density at radius 3 is 2.28 bits per heavy atom. The van der Waals surface area contributed by atoms with E-state index >= 15 is 0 Å². The third kappa shape index (κ3) is 4.12. The molecule has 0 radical (unpaired) electrons. The number of nitrogens with zero attached hydrogens (tertiary/aromatic N) is 1. The summed E-state index contributed by atoms with van der Waals surface area (Å²) in [6, 6.07) is 29.4. The Morgan fingerprint density at radius 2 is 1.50 bits per heavy atom. The van der Waals surface area contributed by atoms with Gasteiger partial charge in [-0.15, -0.1) is 0 Å². The van der Waals surface area contributed by atoms with Crippen molar-refractivity contribution in [2.24, 2.45) is 11.8 Å². The molecule has 0 heterocycles. The van der Waals surface area contributed by atoms with Gasteiger partial charge in [0.15, 0.2) is 0 Å². The number of hydrogen-bond acceptors (Lipinski definition) is 1. The lowest BCUT2D eigenvalue weighted by molar-refractivity contribution is 0.250. The summed E-state index contributed by atoms with van der Waals surface area (Å²) in [5.41, 5.74) is 8.35. The molecule has 6 rings (SSSR count). The summed E-state index contributed by atoms with van der Waals surface area (Å²) in [5.74, 6) is 1.88. The van der Waals surface area contributed by atoms with Crippen molar-refractivity contribution in [3.8, 4) is 17.2 Å². The summed E-state index contributed by atoms with van der Waals surface area (Å²) < 4.78 is 0. The first-order valence-electron chi connectivity index (χ1n) is 14.2. The van der Waals surface area contributed by atoms with E-state index in [9.17, 15) is 5.26 Å². The summed E-state index contributed by atoms with van der Waals surface area (Å²) >= 11 is 0. The Morgan fingerprint density at radius 1 is 0.750 bits per heavy atom. The van der Waals surface area contributed by atoms with Crippen LogP contribution in [0.2, 0.25) is 0 Å². The van der Waals surface area contributed by atoms with Crippen LogP contribution in [0.15, 0.2) is 84.9 Å². The van der Waals surface area contributed by atoms with Gasteiger partial charge in [-0.2, -0.15) is 5.26 Å². The van der Waals surface area contributed by atoms with E-state index < -0.39 is 0 Å². The maximum Gasteiger partial charge on any atom is 0.0991 e. The van der Waals surface area contributed by atoms with E-state index in [4.69, 9.17) is 0 Å². The number of hydrogen-bond donors (Lipinski definition) is 0. The van der Waals surface area contributed by atoms with Crippen molar-refractivity contribution in [3.63, 3.8) is 0 Å². The van der Waals surface area contributed by atoms with E-state index in [1.54, 1.807) is 11.1 Å². The van der Waals surface area contributed by atoms with E-state index in [2.05, 4.69) is 85.0 Å². The molecule has 0 saturated heterocycles. The zero-order valence-corrected chi connectivity index (χ0v) is 21.3. The first-order chi connectivity index (χ1) is 17.8. The average Bonchev–Trinajstić information content (AvgIpc) is 3.04. The molecule has 0 amide bonds. The maximum atomic E-state index is 9.49. The van der Waals surface area contributed by atoms with Crippen molar-refractivity contribution in [1.29, 1.82) is 5.26 Å². The highest BCUT2D eigenvalue weighted by molar-refractivity contribution is 5.81. The van der Waals surface area contributed by atoms with Crippen LogP contribution in [0.4, 0.5) is 0 Å². The van der Waals surface area contributed by atoms with Gasteiger partial charge in [0.2, 0.25) is 0 Å². The number of allylic oxidation sites excluding steroid dienone is 2. The van der Waals surface area contributed by atoms with Crippen molar-refractivity contribution < 1.29 is 0 Å². The first kappa shape index (κ1) is 23.3. The highest BCUT2D eigenvalue weighted by atomic mass is 14.5. The Labute approximate surface area is 216 Å². The normalized spacial score (nSPS) is 25.9. The maximum absolute atomic E-state index is 9.49. The van der Waals surface area contributed by atoms with Crippen LogP contribution in [0.3, 0.4) is 0 Å². The molecule has 1 heteroatoms. The minimum absolute atomic E-state index is 0.113. The van der Waals surface area contributed by atoms with Gasteiger partial charge in [0, 0.05) is 5.41 Å². The summed E-state index contributed by atoms with van der Waals surface area (Å²) in [4.78, 5) is 0. The third-order valence-corrected chi connectivity index (χ3v) is 9.47. The standard InChI is InChI=1S/C35H37N/c36-25-27-13-9-15-29(23-27)28-14-3-1-11-26-12-2-4-17-30(24-26)35(22-10-16-28)33-20-7-5-18-31(33)32-19-6-8-21-34(32)35/h1,5-9,11,13,15,18-21,23,26,28,30H,2-4,10,12,14,16-17,22,24H2/b11-1-. The molecule has 3 aliphatic carbocycles. The van der Waals surface area contributed by atoms with Gasteiger partial charge in [0.25, 0.3) is 0 Å². The SMILES string of the molecule is N#Cc1cccc(C2CC/C=C\C3CCCCC(C3)C3(CCC2)c2ccccc2-c2ccccc23)c1. The first-order valence-corrected chi connectivity index (χ1v) is 14.2. The smallest absolute Gasteiger partial charge is 0.0991 e. The highest BCUT2D eigenvalue weighted by Gasteiger charge is 2.48. The van der Waals surface area contributed by atoms with Gasteiger partial charge in [-0.05, 0) is 103 Å². The van der Waals surface area contributed by atoms with E-state index in [0.717, 1.165) is 12.0 Å². The molecular formula is C35H37N. The number of rotatable bonds is 1. The lowest BCUT2D eigenvalue weighted by Gasteiger charge is -2.41. The summed E-state index contributed by atoms with van der Waals surface area (Å²) in [7, 11) is 0. The van der Waals surface area contributed by atoms with Gasteiger partial charge in [-0.3, -0.25) is 0 Å². The lowest BCUT2D eigenvalue weighted by Crippen LogP contribution is -2.36. The fraction of sp³-hybridized carbons (Fsp3) is 0.400. The van der Waals surface area contributed by atoms with Crippen LogP contribution < -0.4 is 0 Å². The van der Waals surface area contributed by atoms with Gasteiger partial charge in [0.1, 0.15) is 0 Å². The zero-order valence-electron chi connectivity index (χ0n) is 21.3. The van der Waals surface area contributed by atoms with Crippen molar-refractivity contribution in [2.75, 3.05) is 0 Å². The summed E-state index contributed by atoms with van der Waals surface area (Å²) in [6.07, 6.45) is 17.7. The molecule has 2 bridgehead atoms. The quantitative estimate of drug-likeness (QED) is 0.324. The van der Waals surface area contributed by atoms with Crippen LogP contribution >= 0.6 is 0 Å². The molecule has 1 fully saturated rings. The van der Waals surface area contributed by atoms with Crippen LogP contribution in [0.1, 0.15) is 92.4 Å². The summed E-state index contributed by atoms with van der Waals surface area (Å²) in [6.45, 7) is 0. The Bertz CT molecular complexity index is 1250. The molecule has 0 aromatic heterocycles. The minimum atomic E-state index is 0.113. The number of fused-ring (bicyclic) bond motifs is 8. The fourth-order valence-corrected chi connectivity index (χ4v) is 7.85. The fourth-order valence-electron chi connectivity index (χ4n) is 7.85. The molecule has 3 aliphatic rings. The molecule has 0 aliphatic heterocycles. The predicted molar refractivity (Wildman–Crippen MR) is 149 cm³/mol. The minimum Gasteiger partial charge on any atom is -0.192 e. The Balaban J connectivity index is 1.44. The van der Waals surface area contributed by atoms with Crippen molar-refractivity contribution in [2.45, 2.75) is 75.5 Å². The van der Waals surface area contributed by atoms with E-state index in [1.807, 2.05) is 6.07 Å². The predicted octanol–water partition coefficient (Wildman–Crippen LogP) is 9.33. The van der Waals surface area contributed by atoms with Crippen LogP contribution in [-0.2, 0) is 5.41 Å². The molecule has 3 aromatic carbocycles. The molecule has 182 valence electrons. The molecule has 3 aromatic rings. The molecule has 36 heavy (non-hydrogen) atoms. The number of nitriles is 1. The van der Waals surface area contributed by atoms with E-state index in [-0.39, 0.29) is 5.41 Å². The second kappa shape index (κ2) is 10.1. The second-order valence-corrected chi connectivity index (χ2v) is 11.4. The van der Waals surface area contributed by atoms with Gasteiger partial charge in [-0.1, -0.05) is 92.1 Å². The molecule has 3 unspecified atom stereocenters. The lowest BCUT2D eigenvalue weighted by atomic mass is 9.62. The van der Waals surface area contributed by atoms with Crippen molar-refractivity contribution >= 4 is 0 Å². The van der Waals surface area contributed by atoms with Gasteiger partial charge in [0.05, 0.1) is 11.6 Å². The molecule has 0 N–H and O–H groups in total. The van der Waals surface area contributed by atoms with Crippen molar-refractivity contribution in [1.82, 2.24) is 0 Å². The van der Waals surface area contributed by atoms with E-state index in [1.165, 1.54) is 74.5 Å². The van der Waals surface area contributed by atoms with Gasteiger partial charge in [-0.25, -0.2) is 0 Å². The van der Waals surface area contributed by atoms with Crippen molar-refractivity contribution in [3.05, 3.63) is 107 Å². The molecule has 3 atom stereocenters. The Hall–Kier alpha value is -3.11. The molecule has 1 spiro atoms. The molecule has 1 saturated carbocycles. The Kier molecular flexibility index (Phi) is 6.54. The van der Waals surface area contributed by atoms with Gasteiger partial charge >= 0.3 is 0 Å².